The van der Waals surface area contributed by atoms with Gasteiger partial charge >= 0.3 is 5.91 Å². The van der Waals surface area contributed by atoms with Crippen molar-refractivity contribution in [1.29, 1.82) is 0 Å². The number of aliphatic hydroxyl groups is 1. The summed E-state index contributed by atoms with van der Waals surface area (Å²) in [7, 11) is 0. The van der Waals surface area contributed by atoms with Gasteiger partial charge in [0.15, 0.2) is 5.76 Å². The number of aliphatic hydroxyl groups excluding tert-OH is 1. The van der Waals surface area contributed by atoms with Gasteiger partial charge < -0.3 is 9.84 Å². The minimum Gasteiger partial charge on any atom is -0.502 e. The van der Waals surface area contributed by atoms with E-state index in [9.17, 15) is 14.7 Å². The summed E-state index contributed by atoms with van der Waals surface area (Å²) in [6, 6.07) is 12.2. The fourth-order valence-corrected chi connectivity index (χ4v) is 2.91. The number of ether oxygens (including phenoxy) is 1. The summed E-state index contributed by atoms with van der Waals surface area (Å²) < 4.78 is 5.53. The first-order valence-electron chi connectivity index (χ1n) is 8.57. The van der Waals surface area contributed by atoms with Crippen molar-refractivity contribution in [2.24, 2.45) is 0 Å². The molecule has 0 radical (unpaired) electrons. The molecule has 0 bridgehead atoms. The van der Waals surface area contributed by atoms with E-state index in [1.54, 1.807) is 36.4 Å². The van der Waals surface area contributed by atoms with E-state index in [4.69, 9.17) is 4.74 Å². The molecule has 5 nitrogen and oxygen atoms in total. The van der Waals surface area contributed by atoms with Gasteiger partial charge in [0.05, 0.1) is 17.9 Å². The number of hydrogen-bond donors (Lipinski definition) is 1. The molecule has 0 fully saturated rings. The summed E-state index contributed by atoms with van der Waals surface area (Å²) in [5.74, 6) is -1.08. The standard InChI is InChI=1S/C21H21NO4/c1-4-12-26-16-10-8-15(9-11-16)18-19(23)21(25)22(20(18)24)17-7-5-6-13(2)14(17)3/h5-11,23H,4,12H2,1-3H3. The van der Waals surface area contributed by atoms with Crippen molar-refractivity contribution in [1.82, 2.24) is 0 Å². The van der Waals surface area contributed by atoms with Gasteiger partial charge in [-0.3, -0.25) is 9.59 Å². The molecule has 134 valence electrons. The summed E-state index contributed by atoms with van der Waals surface area (Å²) in [6.45, 7) is 6.38. The third kappa shape index (κ3) is 2.96. The largest absolute Gasteiger partial charge is 0.502 e. The Balaban J connectivity index is 1.95. The molecule has 1 heterocycles. The Bertz CT molecular complexity index is 897. The number of carbonyl (C=O) groups is 2. The maximum absolute atomic E-state index is 12.9. The Kier molecular flexibility index (Phi) is 4.80. The van der Waals surface area contributed by atoms with Gasteiger partial charge in [-0.15, -0.1) is 0 Å². The Labute approximate surface area is 152 Å². The molecule has 0 aliphatic carbocycles. The van der Waals surface area contributed by atoms with Crippen LogP contribution < -0.4 is 9.64 Å². The second-order valence-corrected chi connectivity index (χ2v) is 6.26. The SMILES string of the molecule is CCCOc1ccc(C2=C(O)C(=O)N(c3cccc(C)c3C)C2=O)cc1. The molecule has 0 aromatic heterocycles. The second kappa shape index (κ2) is 7.04. The number of aryl methyl sites for hydroxylation is 1. The minimum atomic E-state index is -0.704. The van der Waals surface area contributed by atoms with Crippen LogP contribution in [0.2, 0.25) is 0 Å². The first-order chi connectivity index (χ1) is 12.5. The molecular weight excluding hydrogens is 330 g/mol. The molecule has 0 saturated carbocycles. The van der Waals surface area contributed by atoms with E-state index in [1.165, 1.54) is 0 Å². The Morgan fingerprint density at radius 3 is 2.35 bits per heavy atom. The van der Waals surface area contributed by atoms with Gasteiger partial charge in [0.1, 0.15) is 5.75 Å². The zero-order valence-electron chi connectivity index (χ0n) is 15.1. The number of benzene rings is 2. The van der Waals surface area contributed by atoms with Gasteiger partial charge in [-0.2, -0.15) is 0 Å². The Hall–Kier alpha value is -3.08. The molecule has 2 amide bonds. The predicted molar refractivity (Wildman–Crippen MR) is 100 cm³/mol. The van der Waals surface area contributed by atoms with Crippen LogP contribution in [0.4, 0.5) is 5.69 Å². The van der Waals surface area contributed by atoms with Crippen LogP contribution in [0, 0.1) is 13.8 Å². The van der Waals surface area contributed by atoms with Crippen LogP contribution >= 0.6 is 0 Å². The lowest BCUT2D eigenvalue weighted by atomic mass is 10.0. The maximum atomic E-state index is 12.9. The van der Waals surface area contributed by atoms with Crippen molar-refractivity contribution < 1.29 is 19.4 Å². The lowest BCUT2D eigenvalue weighted by Crippen LogP contribution is -2.32. The van der Waals surface area contributed by atoms with E-state index < -0.39 is 17.6 Å². The normalized spacial score (nSPS) is 14.3. The van der Waals surface area contributed by atoms with E-state index in [1.807, 2.05) is 26.8 Å². The molecule has 0 saturated heterocycles. The number of nitrogens with zero attached hydrogens (tertiary/aromatic N) is 1. The summed E-state index contributed by atoms with van der Waals surface area (Å²) in [4.78, 5) is 26.5. The van der Waals surface area contributed by atoms with Crippen LogP contribution in [0.15, 0.2) is 48.2 Å². The van der Waals surface area contributed by atoms with Crippen molar-refractivity contribution in [2.75, 3.05) is 11.5 Å². The molecule has 0 unspecified atom stereocenters. The van der Waals surface area contributed by atoms with E-state index in [0.29, 0.717) is 23.6 Å². The average molecular weight is 351 g/mol. The zero-order chi connectivity index (χ0) is 18.8. The molecule has 2 aromatic carbocycles. The summed E-state index contributed by atoms with van der Waals surface area (Å²) in [5, 5.41) is 10.3. The molecular formula is C21H21NO4. The van der Waals surface area contributed by atoms with Crippen molar-refractivity contribution in [2.45, 2.75) is 27.2 Å². The van der Waals surface area contributed by atoms with Gasteiger partial charge in [-0.1, -0.05) is 31.2 Å². The van der Waals surface area contributed by atoms with Crippen LogP contribution in [0.25, 0.3) is 5.57 Å². The zero-order valence-corrected chi connectivity index (χ0v) is 15.1. The van der Waals surface area contributed by atoms with Crippen LogP contribution in [0.1, 0.15) is 30.0 Å². The lowest BCUT2D eigenvalue weighted by Gasteiger charge is -2.18. The quantitative estimate of drug-likeness (QED) is 0.829. The molecule has 1 N–H and O–H groups in total. The van der Waals surface area contributed by atoms with Gasteiger partial charge in [0.2, 0.25) is 0 Å². The third-order valence-electron chi connectivity index (χ3n) is 4.49. The number of anilines is 1. The van der Waals surface area contributed by atoms with Crippen molar-refractivity contribution in [3.05, 3.63) is 64.9 Å². The van der Waals surface area contributed by atoms with Crippen LogP contribution in [0.5, 0.6) is 5.75 Å². The van der Waals surface area contributed by atoms with Gasteiger partial charge in [-0.05, 0) is 55.2 Å². The number of imide groups is 1. The summed E-state index contributed by atoms with van der Waals surface area (Å²) in [5.41, 5.74) is 2.78. The molecule has 3 rings (SSSR count). The lowest BCUT2D eigenvalue weighted by molar-refractivity contribution is -0.121. The Morgan fingerprint density at radius 2 is 1.69 bits per heavy atom. The highest BCUT2D eigenvalue weighted by Crippen LogP contribution is 2.34. The average Bonchev–Trinajstić information content (AvgIpc) is 2.86. The van der Waals surface area contributed by atoms with E-state index in [0.717, 1.165) is 22.4 Å². The van der Waals surface area contributed by atoms with Crippen LogP contribution in [-0.4, -0.2) is 23.5 Å². The highest BCUT2D eigenvalue weighted by Gasteiger charge is 2.40. The van der Waals surface area contributed by atoms with Gasteiger partial charge in [0, 0.05) is 0 Å². The number of amides is 2. The smallest absolute Gasteiger partial charge is 0.301 e. The fourth-order valence-electron chi connectivity index (χ4n) is 2.91. The molecule has 1 aliphatic heterocycles. The summed E-state index contributed by atoms with van der Waals surface area (Å²) in [6.07, 6.45) is 0.894. The van der Waals surface area contributed by atoms with Crippen molar-refractivity contribution >= 4 is 23.1 Å². The monoisotopic (exact) mass is 351 g/mol. The van der Waals surface area contributed by atoms with E-state index in [2.05, 4.69) is 0 Å². The van der Waals surface area contributed by atoms with Crippen molar-refractivity contribution in [3.63, 3.8) is 0 Å². The topological polar surface area (TPSA) is 66.8 Å². The van der Waals surface area contributed by atoms with Crippen LogP contribution in [0.3, 0.4) is 0 Å². The third-order valence-corrected chi connectivity index (χ3v) is 4.49. The highest BCUT2D eigenvalue weighted by atomic mass is 16.5. The molecule has 2 aromatic rings. The first-order valence-corrected chi connectivity index (χ1v) is 8.57. The summed E-state index contributed by atoms with van der Waals surface area (Å²) >= 11 is 0. The van der Waals surface area contributed by atoms with Crippen molar-refractivity contribution in [3.8, 4) is 5.75 Å². The maximum Gasteiger partial charge on any atom is 0.301 e. The molecule has 1 aliphatic rings. The number of carbonyl (C=O) groups excluding carboxylic acids is 2. The van der Waals surface area contributed by atoms with Crippen LogP contribution in [-0.2, 0) is 9.59 Å². The number of rotatable bonds is 5. The molecule has 0 atom stereocenters. The second-order valence-electron chi connectivity index (χ2n) is 6.26. The first kappa shape index (κ1) is 17.7. The fraction of sp³-hybridized carbons (Fsp3) is 0.238. The van der Waals surface area contributed by atoms with Gasteiger partial charge in [-0.25, -0.2) is 4.90 Å². The highest BCUT2D eigenvalue weighted by molar-refractivity contribution is 6.45. The molecule has 5 heteroatoms. The minimum absolute atomic E-state index is 0.0120. The molecule has 0 spiro atoms. The molecule has 26 heavy (non-hydrogen) atoms. The van der Waals surface area contributed by atoms with Gasteiger partial charge in [0.25, 0.3) is 5.91 Å². The van der Waals surface area contributed by atoms with E-state index >= 15 is 0 Å². The van der Waals surface area contributed by atoms with E-state index in [-0.39, 0.29) is 5.57 Å². The number of hydrogen-bond acceptors (Lipinski definition) is 4. The Morgan fingerprint density at radius 1 is 1.00 bits per heavy atom. The predicted octanol–water partition coefficient (Wildman–Crippen LogP) is 3.93.